The van der Waals surface area contributed by atoms with Gasteiger partial charge in [-0.1, -0.05) is 72.2 Å². The van der Waals surface area contributed by atoms with Gasteiger partial charge in [0.15, 0.2) is 5.16 Å². The van der Waals surface area contributed by atoms with Gasteiger partial charge >= 0.3 is 5.97 Å². The van der Waals surface area contributed by atoms with Crippen LogP contribution < -0.4 is 0 Å². The molecule has 6 nitrogen and oxygen atoms in total. The van der Waals surface area contributed by atoms with Gasteiger partial charge in [0.2, 0.25) is 0 Å². The minimum absolute atomic E-state index is 0.214. The molecule has 196 valence electrons. The van der Waals surface area contributed by atoms with Gasteiger partial charge in [0.1, 0.15) is 5.56 Å². The first-order chi connectivity index (χ1) is 18.1. The van der Waals surface area contributed by atoms with Gasteiger partial charge in [0.05, 0.1) is 31.2 Å². The Bertz CT molecular complexity index is 1160. The average molecular weight is 540 g/mol. The SMILES string of the molecule is CSc1nc(COCCN2CCCCC2)c(C(=O)OCCCc2ccccc2)c(-c2cccc(Cl)c2)n1. The van der Waals surface area contributed by atoms with Crippen molar-refractivity contribution in [1.29, 1.82) is 0 Å². The molecule has 1 aromatic heterocycles. The number of hydrogen-bond acceptors (Lipinski definition) is 7. The highest BCUT2D eigenvalue weighted by molar-refractivity contribution is 7.98. The van der Waals surface area contributed by atoms with E-state index in [0.29, 0.717) is 40.3 Å². The molecule has 0 unspecified atom stereocenters. The number of thioether (sulfide) groups is 1. The van der Waals surface area contributed by atoms with Gasteiger partial charge in [-0.25, -0.2) is 14.8 Å². The van der Waals surface area contributed by atoms with Crippen molar-refractivity contribution in [2.45, 2.75) is 43.9 Å². The topological polar surface area (TPSA) is 64.5 Å². The van der Waals surface area contributed by atoms with Gasteiger partial charge in [-0.2, -0.15) is 0 Å². The van der Waals surface area contributed by atoms with E-state index in [4.69, 9.17) is 26.1 Å². The number of ether oxygens (including phenoxy) is 2. The normalized spacial score (nSPS) is 14.0. The van der Waals surface area contributed by atoms with Crippen molar-refractivity contribution in [2.24, 2.45) is 0 Å². The summed E-state index contributed by atoms with van der Waals surface area (Å²) < 4.78 is 11.8. The van der Waals surface area contributed by atoms with E-state index in [1.54, 1.807) is 12.1 Å². The largest absolute Gasteiger partial charge is 0.462 e. The molecule has 37 heavy (non-hydrogen) atoms. The monoisotopic (exact) mass is 539 g/mol. The molecule has 4 rings (SSSR count). The molecule has 2 heterocycles. The second-order valence-corrected chi connectivity index (χ2v) is 10.3. The van der Waals surface area contributed by atoms with Gasteiger partial charge in [0.25, 0.3) is 0 Å². The standard InChI is InChI=1S/C29H34ClN3O3S/c1-37-29-31-25(21-35-19-17-33-15-6-3-7-16-33)26(27(32-29)23-13-8-14-24(30)20-23)28(34)36-18-9-12-22-10-4-2-5-11-22/h2,4-5,8,10-11,13-14,20H,3,6-7,9,12,15-19,21H2,1H3. The molecule has 8 heteroatoms. The molecule has 0 bridgehead atoms. The maximum Gasteiger partial charge on any atom is 0.342 e. The summed E-state index contributed by atoms with van der Waals surface area (Å²) in [6.45, 7) is 4.21. The zero-order chi connectivity index (χ0) is 25.9. The number of aryl methyl sites for hydroxylation is 1. The molecule has 0 radical (unpaired) electrons. The van der Waals surface area contributed by atoms with E-state index in [1.165, 1.54) is 36.6 Å². The highest BCUT2D eigenvalue weighted by atomic mass is 35.5. The quantitative estimate of drug-likeness (QED) is 0.116. The fourth-order valence-electron chi connectivity index (χ4n) is 4.44. The van der Waals surface area contributed by atoms with Crippen LogP contribution in [0.5, 0.6) is 0 Å². The molecule has 0 spiro atoms. The number of nitrogens with zero attached hydrogens (tertiary/aromatic N) is 3. The summed E-state index contributed by atoms with van der Waals surface area (Å²) in [5, 5.41) is 1.15. The molecule has 3 aromatic rings. The van der Waals surface area contributed by atoms with Crippen LogP contribution in [0.25, 0.3) is 11.3 Å². The predicted octanol–water partition coefficient (Wildman–Crippen LogP) is 6.31. The first-order valence-corrected chi connectivity index (χ1v) is 14.5. The molecule has 0 aliphatic carbocycles. The van der Waals surface area contributed by atoms with E-state index in [9.17, 15) is 4.79 Å². The van der Waals surface area contributed by atoms with Crippen LogP contribution in [0, 0.1) is 0 Å². The van der Waals surface area contributed by atoms with E-state index in [0.717, 1.165) is 38.0 Å². The lowest BCUT2D eigenvalue weighted by Crippen LogP contribution is -2.32. The second kappa shape index (κ2) is 14.5. The van der Waals surface area contributed by atoms with Crippen LogP contribution in [0.4, 0.5) is 0 Å². The Balaban J connectivity index is 1.51. The van der Waals surface area contributed by atoms with Crippen LogP contribution in [0.2, 0.25) is 5.02 Å². The lowest BCUT2D eigenvalue weighted by atomic mass is 10.0. The van der Waals surface area contributed by atoms with Gasteiger partial charge < -0.3 is 14.4 Å². The predicted molar refractivity (Wildman–Crippen MR) is 149 cm³/mol. The van der Waals surface area contributed by atoms with Crippen molar-refractivity contribution in [2.75, 3.05) is 39.1 Å². The average Bonchev–Trinajstić information content (AvgIpc) is 2.94. The summed E-state index contributed by atoms with van der Waals surface area (Å²) in [6, 6.07) is 17.5. The van der Waals surface area contributed by atoms with Crippen LogP contribution in [0.1, 0.15) is 47.3 Å². The van der Waals surface area contributed by atoms with Crippen molar-refractivity contribution in [3.05, 3.63) is 76.4 Å². The Morgan fingerprint density at radius 1 is 1.03 bits per heavy atom. The van der Waals surface area contributed by atoms with Crippen molar-refractivity contribution in [3.63, 3.8) is 0 Å². The van der Waals surface area contributed by atoms with E-state index < -0.39 is 5.97 Å². The van der Waals surface area contributed by atoms with Gasteiger partial charge in [0, 0.05) is 17.1 Å². The number of halogens is 1. The molecular weight excluding hydrogens is 506 g/mol. The van der Waals surface area contributed by atoms with Crippen molar-refractivity contribution in [1.82, 2.24) is 14.9 Å². The van der Waals surface area contributed by atoms with Crippen LogP contribution in [-0.2, 0) is 22.5 Å². The molecule has 1 aliphatic rings. The zero-order valence-electron chi connectivity index (χ0n) is 21.3. The van der Waals surface area contributed by atoms with E-state index in [-0.39, 0.29) is 6.61 Å². The lowest BCUT2D eigenvalue weighted by molar-refractivity contribution is 0.0487. The van der Waals surface area contributed by atoms with E-state index in [1.807, 2.05) is 36.6 Å². The number of likely N-dealkylation sites (tertiary alicyclic amines) is 1. The minimum Gasteiger partial charge on any atom is -0.462 e. The van der Waals surface area contributed by atoms with Gasteiger partial charge in [-0.15, -0.1) is 0 Å². The first kappa shape index (κ1) is 27.6. The molecule has 0 atom stereocenters. The summed E-state index contributed by atoms with van der Waals surface area (Å²) in [7, 11) is 0. The molecular formula is C29H34ClN3O3S. The van der Waals surface area contributed by atoms with Crippen LogP contribution >= 0.6 is 23.4 Å². The summed E-state index contributed by atoms with van der Waals surface area (Å²) in [5.41, 5.74) is 3.37. The number of rotatable bonds is 12. The summed E-state index contributed by atoms with van der Waals surface area (Å²) in [6.07, 6.45) is 7.27. The maximum atomic E-state index is 13.4. The molecule has 0 N–H and O–H groups in total. The van der Waals surface area contributed by atoms with Crippen molar-refractivity contribution >= 4 is 29.3 Å². The highest BCUT2D eigenvalue weighted by Crippen LogP contribution is 2.29. The van der Waals surface area contributed by atoms with Gasteiger partial charge in [-0.05, 0) is 62.7 Å². The Kier molecular flexibility index (Phi) is 10.8. The fraction of sp³-hybridized carbons (Fsp3) is 0.414. The van der Waals surface area contributed by atoms with E-state index >= 15 is 0 Å². The minimum atomic E-state index is -0.440. The van der Waals surface area contributed by atoms with Crippen LogP contribution in [0.15, 0.2) is 59.8 Å². The number of benzene rings is 2. The molecule has 1 fully saturated rings. The van der Waals surface area contributed by atoms with Crippen molar-refractivity contribution < 1.29 is 14.3 Å². The third-order valence-corrected chi connectivity index (χ3v) is 7.16. The summed E-state index contributed by atoms with van der Waals surface area (Å²) in [5.74, 6) is -0.440. The number of aromatic nitrogens is 2. The van der Waals surface area contributed by atoms with Crippen LogP contribution in [0.3, 0.4) is 0 Å². The Morgan fingerprint density at radius 2 is 1.84 bits per heavy atom. The molecule has 1 saturated heterocycles. The number of hydrogen-bond donors (Lipinski definition) is 0. The first-order valence-electron chi connectivity index (χ1n) is 12.9. The number of carbonyl (C=O) groups excluding carboxylic acids is 1. The number of esters is 1. The maximum absolute atomic E-state index is 13.4. The summed E-state index contributed by atoms with van der Waals surface area (Å²) in [4.78, 5) is 25.2. The number of piperidine rings is 1. The molecule has 2 aromatic carbocycles. The molecule has 0 saturated carbocycles. The second-order valence-electron chi connectivity index (χ2n) is 9.07. The molecule has 1 aliphatic heterocycles. The Hall–Kier alpha value is -2.45. The van der Waals surface area contributed by atoms with Crippen LogP contribution in [-0.4, -0.2) is 59.9 Å². The third kappa shape index (κ3) is 8.27. The van der Waals surface area contributed by atoms with Gasteiger partial charge in [-0.3, -0.25) is 0 Å². The fourth-order valence-corrected chi connectivity index (χ4v) is 5.02. The Morgan fingerprint density at radius 3 is 2.59 bits per heavy atom. The zero-order valence-corrected chi connectivity index (χ0v) is 22.9. The highest BCUT2D eigenvalue weighted by Gasteiger charge is 2.24. The Labute approximate surface area is 228 Å². The number of carbonyl (C=O) groups is 1. The lowest BCUT2D eigenvalue weighted by Gasteiger charge is -2.26. The van der Waals surface area contributed by atoms with Crippen molar-refractivity contribution in [3.8, 4) is 11.3 Å². The molecule has 0 amide bonds. The van der Waals surface area contributed by atoms with E-state index in [2.05, 4.69) is 22.0 Å². The third-order valence-electron chi connectivity index (χ3n) is 6.37. The summed E-state index contributed by atoms with van der Waals surface area (Å²) >= 11 is 7.71. The smallest absolute Gasteiger partial charge is 0.342 e.